The molecule has 4 nitrogen and oxygen atoms in total. The zero-order chi connectivity index (χ0) is 20.2. The SMILES string of the molecule is C(=Cc1cc(/C=C/c2ccccc2-c2cccnc2)[nH]n1)c1ccc2cc[nH]c2c1. The highest BCUT2D eigenvalue weighted by Crippen LogP contribution is 2.24. The number of pyridine rings is 1. The molecule has 2 N–H and O–H groups in total. The zero-order valence-electron chi connectivity index (χ0n) is 16.3. The first-order valence-corrected chi connectivity index (χ1v) is 9.83. The van der Waals surface area contributed by atoms with Crippen molar-refractivity contribution in [3.63, 3.8) is 0 Å². The predicted octanol–water partition coefficient (Wildman–Crippen LogP) is 6.29. The largest absolute Gasteiger partial charge is 0.361 e. The van der Waals surface area contributed by atoms with Crippen LogP contribution in [0, 0.1) is 0 Å². The van der Waals surface area contributed by atoms with E-state index in [1.54, 1.807) is 6.20 Å². The molecule has 0 amide bonds. The van der Waals surface area contributed by atoms with Gasteiger partial charge in [0.15, 0.2) is 0 Å². The van der Waals surface area contributed by atoms with Crippen molar-refractivity contribution < 1.29 is 0 Å². The maximum atomic E-state index is 4.40. The van der Waals surface area contributed by atoms with Crippen molar-refractivity contribution in [1.82, 2.24) is 20.2 Å². The Labute approximate surface area is 174 Å². The van der Waals surface area contributed by atoms with Crippen molar-refractivity contribution in [2.24, 2.45) is 0 Å². The summed E-state index contributed by atoms with van der Waals surface area (Å²) in [4.78, 5) is 7.48. The van der Waals surface area contributed by atoms with E-state index >= 15 is 0 Å². The van der Waals surface area contributed by atoms with Gasteiger partial charge in [-0.3, -0.25) is 10.1 Å². The standard InChI is InChI=1S/C26H20N4/c1-2-6-25(22-5-3-14-27-18-22)20(4-1)10-12-24-17-23(29-30-24)11-8-19-7-9-21-13-15-28-26(21)16-19/h1-18,28H,(H,29,30)/b11-8?,12-10+. The molecular formula is C26H20N4. The fourth-order valence-electron chi connectivity index (χ4n) is 3.48. The van der Waals surface area contributed by atoms with Crippen LogP contribution < -0.4 is 0 Å². The third-order valence-corrected chi connectivity index (χ3v) is 5.02. The van der Waals surface area contributed by atoms with Crippen molar-refractivity contribution in [2.75, 3.05) is 0 Å². The van der Waals surface area contributed by atoms with E-state index in [1.165, 1.54) is 5.39 Å². The highest BCUT2D eigenvalue weighted by atomic mass is 15.1. The lowest BCUT2D eigenvalue weighted by Crippen LogP contribution is -1.83. The molecule has 144 valence electrons. The van der Waals surface area contributed by atoms with Gasteiger partial charge in [0, 0.05) is 29.7 Å². The van der Waals surface area contributed by atoms with E-state index in [2.05, 4.69) is 74.8 Å². The quantitative estimate of drug-likeness (QED) is 0.371. The van der Waals surface area contributed by atoms with Crippen LogP contribution in [0.2, 0.25) is 0 Å². The maximum absolute atomic E-state index is 4.40. The molecule has 3 aromatic heterocycles. The molecular weight excluding hydrogens is 368 g/mol. The molecule has 0 atom stereocenters. The first kappa shape index (κ1) is 17.9. The summed E-state index contributed by atoms with van der Waals surface area (Å²) in [5.74, 6) is 0. The van der Waals surface area contributed by atoms with E-state index in [-0.39, 0.29) is 0 Å². The van der Waals surface area contributed by atoms with Crippen LogP contribution in [-0.2, 0) is 0 Å². The normalized spacial score (nSPS) is 11.7. The third-order valence-electron chi connectivity index (χ3n) is 5.02. The van der Waals surface area contributed by atoms with Crippen LogP contribution in [0.3, 0.4) is 0 Å². The van der Waals surface area contributed by atoms with Crippen LogP contribution in [-0.4, -0.2) is 20.2 Å². The Kier molecular flexibility index (Phi) is 4.80. The molecule has 3 heterocycles. The number of fused-ring (bicyclic) bond motifs is 1. The summed E-state index contributed by atoms with van der Waals surface area (Å²) in [6.45, 7) is 0. The van der Waals surface area contributed by atoms with Gasteiger partial charge in [0.2, 0.25) is 0 Å². The summed E-state index contributed by atoms with van der Waals surface area (Å²) in [7, 11) is 0. The van der Waals surface area contributed by atoms with Gasteiger partial charge in [-0.1, -0.05) is 54.6 Å². The molecule has 0 bridgehead atoms. The number of aromatic amines is 2. The Morgan fingerprint density at radius 2 is 1.77 bits per heavy atom. The van der Waals surface area contributed by atoms with E-state index < -0.39 is 0 Å². The third kappa shape index (κ3) is 3.84. The summed E-state index contributed by atoms with van der Waals surface area (Å²) in [5, 5.41) is 8.70. The molecule has 0 saturated carbocycles. The van der Waals surface area contributed by atoms with E-state index in [0.29, 0.717) is 0 Å². The van der Waals surface area contributed by atoms with Crippen molar-refractivity contribution in [1.29, 1.82) is 0 Å². The zero-order valence-corrected chi connectivity index (χ0v) is 16.3. The number of nitrogens with zero attached hydrogens (tertiary/aromatic N) is 2. The Bertz CT molecular complexity index is 1340. The van der Waals surface area contributed by atoms with Gasteiger partial charge in [-0.15, -0.1) is 0 Å². The van der Waals surface area contributed by atoms with Gasteiger partial charge in [0.1, 0.15) is 0 Å². The molecule has 2 aromatic carbocycles. The van der Waals surface area contributed by atoms with Crippen molar-refractivity contribution in [3.8, 4) is 11.1 Å². The van der Waals surface area contributed by atoms with E-state index in [4.69, 9.17) is 0 Å². The molecule has 4 heteroatoms. The second kappa shape index (κ2) is 8.05. The number of hydrogen-bond donors (Lipinski definition) is 2. The van der Waals surface area contributed by atoms with Crippen LogP contribution in [0.1, 0.15) is 22.5 Å². The average Bonchev–Trinajstić information content (AvgIpc) is 3.46. The second-order valence-electron chi connectivity index (χ2n) is 7.07. The Balaban J connectivity index is 1.34. The molecule has 0 aliphatic carbocycles. The number of nitrogens with one attached hydrogen (secondary N) is 2. The van der Waals surface area contributed by atoms with Crippen LogP contribution in [0.15, 0.2) is 85.3 Å². The number of H-pyrrole nitrogens is 2. The molecule has 0 radical (unpaired) electrons. The summed E-state index contributed by atoms with van der Waals surface area (Å²) < 4.78 is 0. The molecule has 0 unspecified atom stereocenters. The minimum absolute atomic E-state index is 0.891. The Hall–Kier alpha value is -4.18. The van der Waals surface area contributed by atoms with Gasteiger partial charge in [0.05, 0.1) is 11.4 Å². The van der Waals surface area contributed by atoms with Crippen molar-refractivity contribution in [3.05, 3.63) is 108 Å². The van der Waals surface area contributed by atoms with Gasteiger partial charge < -0.3 is 4.98 Å². The van der Waals surface area contributed by atoms with Crippen LogP contribution in [0.5, 0.6) is 0 Å². The van der Waals surface area contributed by atoms with Gasteiger partial charge in [-0.25, -0.2) is 0 Å². The number of rotatable bonds is 5. The van der Waals surface area contributed by atoms with E-state index in [0.717, 1.165) is 39.2 Å². The number of aromatic nitrogens is 4. The van der Waals surface area contributed by atoms with Crippen molar-refractivity contribution in [2.45, 2.75) is 0 Å². The lowest BCUT2D eigenvalue weighted by molar-refractivity contribution is 1.07. The van der Waals surface area contributed by atoms with E-state index in [9.17, 15) is 0 Å². The molecule has 0 fully saturated rings. The fraction of sp³-hybridized carbons (Fsp3) is 0. The van der Waals surface area contributed by atoms with E-state index in [1.807, 2.05) is 48.8 Å². The first-order chi connectivity index (χ1) is 14.8. The lowest BCUT2D eigenvalue weighted by Gasteiger charge is -2.05. The summed E-state index contributed by atoms with van der Waals surface area (Å²) in [5.41, 5.74) is 7.51. The number of benzene rings is 2. The fourth-order valence-corrected chi connectivity index (χ4v) is 3.48. The summed E-state index contributed by atoms with van der Waals surface area (Å²) >= 11 is 0. The minimum atomic E-state index is 0.891. The van der Waals surface area contributed by atoms with Crippen LogP contribution in [0.25, 0.3) is 46.3 Å². The molecule has 0 aliphatic heterocycles. The van der Waals surface area contributed by atoms with Gasteiger partial charge in [-0.2, -0.15) is 5.10 Å². The lowest BCUT2D eigenvalue weighted by atomic mass is 10.0. The smallest absolute Gasteiger partial charge is 0.0854 e. The average molecular weight is 388 g/mol. The molecule has 0 aliphatic rings. The van der Waals surface area contributed by atoms with Crippen LogP contribution >= 0.6 is 0 Å². The number of hydrogen-bond acceptors (Lipinski definition) is 2. The first-order valence-electron chi connectivity index (χ1n) is 9.83. The molecule has 5 aromatic rings. The molecule has 0 saturated heterocycles. The predicted molar refractivity (Wildman–Crippen MR) is 124 cm³/mol. The Morgan fingerprint density at radius 3 is 2.70 bits per heavy atom. The second-order valence-corrected chi connectivity index (χ2v) is 7.07. The Morgan fingerprint density at radius 1 is 0.800 bits per heavy atom. The summed E-state index contributed by atoms with van der Waals surface area (Å²) in [6.07, 6.45) is 13.9. The monoisotopic (exact) mass is 388 g/mol. The van der Waals surface area contributed by atoms with Gasteiger partial charge in [-0.05, 0) is 58.5 Å². The molecule has 30 heavy (non-hydrogen) atoms. The topological polar surface area (TPSA) is 57.4 Å². The van der Waals surface area contributed by atoms with Crippen molar-refractivity contribution >= 4 is 35.2 Å². The minimum Gasteiger partial charge on any atom is -0.361 e. The highest BCUT2D eigenvalue weighted by molar-refractivity contribution is 5.84. The highest BCUT2D eigenvalue weighted by Gasteiger charge is 2.02. The van der Waals surface area contributed by atoms with Gasteiger partial charge in [0.25, 0.3) is 0 Å². The maximum Gasteiger partial charge on any atom is 0.0854 e. The summed E-state index contributed by atoms with van der Waals surface area (Å²) in [6, 6.07) is 22.8. The van der Waals surface area contributed by atoms with Crippen LogP contribution in [0.4, 0.5) is 0 Å². The molecule has 0 spiro atoms. The van der Waals surface area contributed by atoms with Gasteiger partial charge >= 0.3 is 0 Å². The molecule has 5 rings (SSSR count).